The lowest BCUT2D eigenvalue weighted by Gasteiger charge is -2.28. The monoisotopic (exact) mass is 284 g/mol. The van der Waals surface area contributed by atoms with Gasteiger partial charge in [0.15, 0.2) is 0 Å². The second-order valence-corrected chi connectivity index (χ2v) is 5.37. The first-order chi connectivity index (χ1) is 7.57. The Balaban J connectivity index is 2.90. The maximum Gasteiger partial charge on any atom is 0.0349 e. The molecule has 0 aromatic heterocycles. The summed E-state index contributed by atoms with van der Waals surface area (Å²) in [6, 6.07) is 8.27. The Hall–Kier alpha value is -0.380. The smallest absolute Gasteiger partial charge is 0.0349 e. The summed E-state index contributed by atoms with van der Waals surface area (Å²) in [6.45, 7) is 5.39. The molecule has 2 atom stereocenters. The van der Waals surface area contributed by atoms with Crippen molar-refractivity contribution in [3.05, 3.63) is 34.3 Å². The maximum atomic E-state index is 6.36. The third-order valence-electron chi connectivity index (χ3n) is 3.02. The van der Waals surface area contributed by atoms with Crippen LogP contribution in [0.1, 0.15) is 25.5 Å². The Morgan fingerprint density at radius 1 is 1.31 bits per heavy atom. The van der Waals surface area contributed by atoms with E-state index in [9.17, 15) is 0 Å². The first-order valence-corrected chi connectivity index (χ1v) is 6.51. The van der Waals surface area contributed by atoms with Crippen molar-refractivity contribution in [2.75, 3.05) is 13.6 Å². The Bertz CT molecular complexity index is 325. The number of halogens is 1. The van der Waals surface area contributed by atoms with Crippen LogP contribution in [0, 0.1) is 11.8 Å². The highest BCUT2D eigenvalue weighted by Gasteiger charge is 2.23. The molecule has 1 rings (SSSR count). The van der Waals surface area contributed by atoms with Crippen molar-refractivity contribution < 1.29 is 0 Å². The minimum Gasteiger partial charge on any atom is -0.324 e. The number of benzene rings is 1. The largest absolute Gasteiger partial charge is 0.324 e. The quantitative estimate of drug-likeness (QED) is 0.873. The molecule has 3 heteroatoms. The topological polar surface area (TPSA) is 38.0 Å². The average molecular weight is 285 g/mol. The molecule has 0 fully saturated rings. The van der Waals surface area contributed by atoms with Gasteiger partial charge in [-0.1, -0.05) is 48.0 Å². The highest BCUT2D eigenvalue weighted by molar-refractivity contribution is 9.10. The van der Waals surface area contributed by atoms with Gasteiger partial charge in [-0.3, -0.25) is 0 Å². The van der Waals surface area contributed by atoms with Gasteiger partial charge in [0.05, 0.1) is 0 Å². The van der Waals surface area contributed by atoms with Gasteiger partial charge >= 0.3 is 0 Å². The molecule has 16 heavy (non-hydrogen) atoms. The van der Waals surface area contributed by atoms with E-state index in [4.69, 9.17) is 5.73 Å². The first-order valence-electron chi connectivity index (χ1n) is 5.72. The zero-order valence-corrected chi connectivity index (χ0v) is 11.8. The van der Waals surface area contributed by atoms with Gasteiger partial charge in [-0.05, 0) is 37.1 Å². The van der Waals surface area contributed by atoms with Gasteiger partial charge in [0.2, 0.25) is 0 Å². The fraction of sp³-hybridized carbons (Fsp3) is 0.538. The number of nitrogens with one attached hydrogen (secondary N) is 1. The van der Waals surface area contributed by atoms with Crippen molar-refractivity contribution in [3.8, 4) is 0 Å². The predicted octanol–water partition coefficient (Wildman–Crippen LogP) is 2.94. The van der Waals surface area contributed by atoms with E-state index in [0.29, 0.717) is 11.8 Å². The van der Waals surface area contributed by atoms with Crippen molar-refractivity contribution in [3.63, 3.8) is 0 Å². The highest BCUT2D eigenvalue weighted by atomic mass is 79.9. The third kappa shape index (κ3) is 3.30. The molecule has 3 N–H and O–H groups in total. The Morgan fingerprint density at radius 2 is 1.94 bits per heavy atom. The van der Waals surface area contributed by atoms with Crippen LogP contribution in [0.25, 0.3) is 0 Å². The van der Waals surface area contributed by atoms with Gasteiger partial charge in [0, 0.05) is 10.5 Å². The molecule has 0 spiro atoms. The van der Waals surface area contributed by atoms with Gasteiger partial charge < -0.3 is 11.1 Å². The van der Waals surface area contributed by atoms with E-state index in [2.05, 4.69) is 41.2 Å². The Kier molecular flexibility index (Phi) is 5.46. The van der Waals surface area contributed by atoms with Crippen LogP contribution in [0.2, 0.25) is 0 Å². The first kappa shape index (κ1) is 13.7. The lowest BCUT2D eigenvalue weighted by Crippen LogP contribution is -2.33. The summed E-state index contributed by atoms with van der Waals surface area (Å²) in [5.74, 6) is 1.01. The number of hydrogen-bond donors (Lipinski definition) is 2. The maximum absolute atomic E-state index is 6.36. The Labute approximate surface area is 107 Å². The minimum atomic E-state index is 0.0722. The molecule has 1 aromatic carbocycles. The average Bonchev–Trinajstić information content (AvgIpc) is 2.25. The van der Waals surface area contributed by atoms with Crippen molar-refractivity contribution in [2.24, 2.45) is 17.6 Å². The standard InChI is InChI=1S/C13H21BrN2/c1-9(2)11(8-16-3)13(15)10-6-4-5-7-12(10)14/h4-7,9,11,13,16H,8,15H2,1-3H3. The van der Waals surface area contributed by atoms with E-state index in [0.717, 1.165) is 11.0 Å². The lowest BCUT2D eigenvalue weighted by atomic mass is 9.85. The van der Waals surface area contributed by atoms with Crippen LogP contribution in [0.15, 0.2) is 28.7 Å². The van der Waals surface area contributed by atoms with Crippen LogP contribution in [0.3, 0.4) is 0 Å². The van der Waals surface area contributed by atoms with E-state index >= 15 is 0 Å². The molecule has 0 aliphatic heterocycles. The second-order valence-electron chi connectivity index (χ2n) is 4.51. The van der Waals surface area contributed by atoms with Gasteiger partial charge in [-0.15, -0.1) is 0 Å². The Morgan fingerprint density at radius 3 is 2.44 bits per heavy atom. The van der Waals surface area contributed by atoms with Crippen molar-refractivity contribution in [2.45, 2.75) is 19.9 Å². The molecular formula is C13H21BrN2. The van der Waals surface area contributed by atoms with Crippen molar-refractivity contribution in [1.29, 1.82) is 0 Å². The number of nitrogens with two attached hydrogens (primary N) is 1. The van der Waals surface area contributed by atoms with Crippen LogP contribution >= 0.6 is 15.9 Å². The molecule has 0 saturated heterocycles. The minimum absolute atomic E-state index is 0.0722. The van der Waals surface area contributed by atoms with Crippen LogP contribution < -0.4 is 11.1 Å². The molecule has 90 valence electrons. The van der Waals surface area contributed by atoms with E-state index in [1.54, 1.807) is 0 Å². The summed E-state index contributed by atoms with van der Waals surface area (Å²) in [5, 5.41) is 3.22. The number of rotatable bonds is 5. The summed E-state index contributed by atoms with van der Waals surface area (Å²) in [6.07, 6.45) is 0. The summed E-state index contributed by atoms with van der Waals surface area (Å²) in [5.41, 5.74) is 7.55. The zero-order valence-electron chi connectivity index (χ0n) is 10.2. The molecule has 0 amide bonds. The highest BCUT2D eigenvalue weighted by Crippen LogP contribution is 2.30. The fourth-order valence-electron chi connectivity index (χ4n) is 1.99. The lowest BCUT2D eigenvalue weighted by molar-refractivity contribution is 0.313. The fourth-order valence-corrected chi connectivity index (χ4v) is 2.54. The summed E-state index contributed by atoms with van der Waals surface area (Å²) < 4.78 is 1.10. The summed E-state index contributed by atoms with van der Waals surface area (Å²) in [4.78, 5) is 0. The van der Waals surface area contributed by atoms with Crippen LogP contribution in [-0.4, -0.2) is 13.6 Å². The van der Waals surface area contributed by atoms with Gasteiger partial charge in [0.25, 0.3) is 0 Å². The molecule has 2 unspecified atom stereocenters. The number of hydrogen-bond acceptors (Lipinski definition) is 2. The molecule has 0 saturated carbocycles. The molecular weight excluding hydrogens is 264 g/mol. The van der Waals surface area contributed by atoms with Gasteiger partial charge in [-0.2, -0.15) is 0 Å². The summed E-state index contributed by atoms with van der Waals surface area (Å²) >= 11 is 3.57. The second kappa shape index (κ2) is 6.38. The van der Waals surface area contributed by atoms with Crippen LogP contribution in [0.5, 0.6) is 0 Å². The molecule has 2 nitrogen and oxygen atoms in total. The van der Waals surface area contributed by atoms with E-state index < -0.39 is 0 Å². The van der Waals surface area contributed by atoms with E-state index in [1.807, 2.05) is 25.2 Å². The van der Waals surface area contributed by atoms with Crippen molar-refractivity contribution in [1.82, 2.24) is 5.32 Å². The molecule has 0 radical (unpaired) electrons. The molecule has 0 aliphatic rings. The van der Waals surface area contributed by atoms with Gasteiger partial charge in [0.1, 0.15) is 0 Å². The molecule has 0 heterocycles. The molecule has 0 bridgehead atoms. The van der Waals surface area contributed by atoms with Crippen LogP contribution in [0.4, 0.5) is 0 Å². The SMILES string of the molecule is CNCC(C(C)C)C(N)c1ccccc1Br. The zero-order chi connectivity index (χ0) is 12.1. The summed E-state index contributed by atoms with van der Waals surface area (Å²) in [7, 11) is 1.97. The normalized spacial score (nSPS) is 15.1. The van der Waals surface area contributed by atoms with Gasteiger partial charge in [-0.25, -0.2) is 0 Å². The molecule has 0 aliphatic carbocycles. The predicted molar refractivity (Wildman–Crippen MR) is 73.3 cm³/mol. The third-order valence-corrected chi connectivity index (χ3v) is 3.74. The van der Waals surface area contributed by atoms with E-state index in [1.165, 1.54) is 5.56 Å². The van der Waals surface area contributed by atoms with Crippen LogP contribution in [-0.2, 0) is 0 Å². The van der Waals surface area contributed by atoms with E-state index in [-0.39, 0.29) is 6.04 Å². The van der Waals surface area contributed by atoms with Crippen molar-refractivity contribution >= 4 is 15.9 Å². The molecule has 1 aromatic rings.